The molecule has 14 heteroatoms. The lowest BCUT2D eigenvalue weighted by molar-refractivity contribution is -0.137. The Labute approximate surface area is 221 Å². The van der Waals surface area contributed by atoms with E-state index in [9.17, 15) is 26.4 Å². The van der Waals surface area contributed by atoms with Crippen LogP contribution in [0.3, 0.4) is 0 Å². The molecule has 0 atom stereocenters. The summed E-state index contributed by atoms with van der Waals surface area (Å²) < 4.78 is 68.7. The molecule has 4 rings (SSSR count). The van der Waals surface area contributed by atoms with Crippen LogP contribution in [0.5, 0.6) is 5.75 Å². The molecule has 0 fully saturated rings. The predicted octanol–water partition coefficient (Wildman–Crippen LogP) is 3.60. The maximum atomic E-state index is 13.4. The van der Waals surface area contributed by atoms with Gasteiger partial charge in [0.2, 0.25) is 10.0 Å². The maximum Gasteiger partial charge on any atom is 0.416 e. The number of benzene rings is 3. The molecule has 0 spiro atoms. The average Bonchev–Trinajstić information content (AvgIpc) is 3.12. The average molecular weight is 564 g/mol. The smallest absolute Gasteiger partial charge is 0.416 e. The predicted molar refractivity (Wildman–Crippen MR) is 139 cm³/mol. The Bertz CT molecular complexity index is 1560. The van der Waals surface area contributed by atoms with Crippen molar-refractivity contribution in [3.8, 4) is 5.75 Å². The van der Waals surface area contributed by atoms with Gasteiger partial charge in [0.15, 0.2) is 10.8 Å². The Morgan fingerprint density at radius 3 is 2.50 bits per heavy atom. The molecule has 4 N–H and O–H groups in total. The van der Waals surface area contributed by atoms with Gasteiger partial charge in [-0.1, -0.05) is 36.4 Å². The molecular weight excluding hydrogens is 543 g/mol. The molecule has 0 radical (unpaired) electrons. The zero-order chi connectivity index (χ0) is 27.7. The first-order valence-corrected chi connectivity index (χ1v) is 12.8. The van der Waals surface area contributed by atoms with E-state index in [1.165, 1.54) is 42.3 Å². The highest BCUT2D eigenvalue weighted by Crippen LogP contribution is 2.39. The van der Waals surface area contributed by atoms with E-state index in [4.69, 9.17) is 22.1 Å². The van der Waals surface area contributed by atoms with Crippen molar-refractivity contribution in [2.45, 2.75) is 17.6 Å². The number of halogens is 3. The minimum Gasteiger partial charge on any atom is -0.495 e. The summed E-state index contributed by atoms with van der Waals surface area (Å²) in [6.45, 7) is -0.181. The molecule has 198 valence electrons. The van der Waals surface area contributed by atoms with Gasteiger partial charge in [-0.15, -0.1) is 0 Å². The van der Waals surface area contributed by atoms with Crippen molar-refractivity contribution in [1.29, 1.82) is 0 Å². The van der Waals surface area contributed by atoms with Gasteiger partial charge in [0.25, 0.3) is 5.91 Å². The SMILES string of the molecule is COc1cccc2c1N(Cc1cccc(C(F)(F)F)c1)C(=O)C2=NNC(=S)Nc1ccccc1S(N)(=O)=O. The zero-order valence-electron chi connectivity index (χ0n) is 19.6. The number of hydrogen-bond acceptors (Lipinski definition) is 6. The maximum absolute atomic E-state index is 13.4. The van der Waals surface area contributed by atoms with Crippen LogP contribution in [0.4, 0.5) is 24.5 Å². The lowest BCUT2D eigenvalue weighted by Gasteiger charge is -2.20. The Kier molecular flexibility index (Phi) is 7.40. The molecule has 3 aromatic carbocycles. The molecule has 38 heavy (non-hydrogen) atoms. The number of amides is 1. The van der Waals surface area contributed by atoms with Crippen LogP contribution in [0.2, 0.25) is 0 Å². The molecule has 1 heterocycles. The van der Waals surface area contributed by atoms with Gasteiger partial charge in [-0.25, -0.2) is 13.6 Å². The van der Waals surface area contributed by atoms with E-state index in [1.807, 2.05) is 0 Å². The number of nitrogens with two attached hydrogens (primary N) is 1. The van der Waals surface area contributed by atoms with E-state index in [1.54, 1.807) is 24.3 Å². The van der Waals surface area contributed by atoms with Crippen LogP contribution in [0.25, 0.3) is 0 Å². The fourth-order valence-electron chi connectivity index (χ4n) is 3.86. The van der Waals surface area contributed by atoms with Gasteiger partial charge < -0.3 is 10.1 Å². The third kappa shape index (κ3) is 5.61. The highest BCUT2D eigenvalue weighted by molar-refractivity contribution is 7.89. The minimum atomic E-state index is -4.54. The third-order valence-electron chi connectivity index (χ3n) is 5.50. The second-order valence-corrected chi connectivity index (χ2v) is 9.95. The van der Waals surface area contributed by atoms with Gasteiger partial charge in [-0.3, -0.25) is 15.1 Å². The van der Waals surface area contributed by atoms with Crippen LogP contribution >= 0.6 is 12.2 Å². The van der Waals surface area contributed by atoms with E-state index >= 15 is 0 Å². The van der Waals surface area contributed by atoms with Crippen LogP contribution in [0, 0.1) is 0 Å². The van der Waals surface area contributed by atoms with Crippen LogP contribution in [-0.4, -0.2) is 32.3 Å². The van der Waals surface area contributed by atoms with E-state index < -0.39 is 27.7 Å². The summed E-state index contributed by atoms with van der Waals surface area (Å²) in [7, 11) is -2.65. The molecule has 3 aromatic rings. The van der Waals surface area contributed by atoms with Crippen LogP contribution in [0.15, 0.2) is 76.7 Å². The Hall–Kier alpha value is -4.01. The number of methoxy groups -OCH3 is 1. The molecule has 0 saturated heterocycles. The number of anilines is 2. The molecule has 1 aliphatic rings. The number of carbonyl (C=O) groups excluding carboxylic acids is 1. The summed E-state index contributed by atoms with van der Waals surface area (Å²) in [5.74, 6) is -0.294. The van der Waals surface area contributed by atoms with Crippen molar-refractivity contribution in [3.05, 3.63) is 83.4 Å². The van der Waals surface area contributed by atoms with E-state index in [0.717, 1.165) is 12.1 Å². The second-order valence-electron chi connectivity index (χ2n) is 8.01. The Morgan fingerprint density at radius 2 is 1.82 bits per heavy atom. The van der Waals surface area contributed by atoms with Crippen molar-refractivity contribution in [2.24, 2.45) is 10.2 Å². The standard InChI is InChI=1S/C24H20F3N5O4S2/c1-36-18-10-5-8-16-20(30-31-23(37)29-17-9-2-3-11-19(17)38(28,34)35)22(33)32(21(16)18)13-14-6-4-7-15(12-14)24(25,26)27/h2-12H,13H2,1H3,(H2,28,34,35)(H2,29,31,37). The number of para-hydroxylation sites is 2. The molecule has 0 bridgehead atoms. The first-order chi connectivity index (χ1) is 17.9. The van der Waals surface area contributed by atoms with E-state index in [-0.39, 0.29) is 33.5 Å². The highest BCUT2D eigenvalue weighted by atomic mass is 32.2. The minimum absolute atomic E-state index is 0.0743. The summed E-state index contributed by atoms with van der Waals surface area (Å²) >= 11 is 5.20. The van der Waals surface area contributed by atoms with Crippen LogP contribution in [-0.2, 0) is 27.5 Å². The molecule has 1 aliphatic heterocycles. The lowest BCUT2D eigenvalue weighted by Crippen LogP contribution is -2.32. The number of hydrogen-bond donors (Lipinski definition) is 3. The molecule has 0 aliphatic carbocycles. The molecule has 1 amide bonds. The number of hydrazone groups is 1. The molecule has 9 nitrogen and oxygen atoms in total. The lowest BCUT2D eigenvalue weighted by atomic mass is 10.1. The largest absolute Gasteiger partial charge is 0.495 e. The van der Waals surface area contributed by atoms with Gasteiger partial charge in [-0.2, -0.15) is 18.3 Å². The number of sulfonamides is 1. The van der Waals surface area contributed by atoms with Crippen molar-refractivity contribution >= 4 is 50.3 Å². The van der Waals surface area contributed by atoms with Crippen molar-refractivity contribution < 1.29 is 31.1 Å². The number of carbonyl (C=O) groups is 1. The van der Waals surface area contributed by atoms with Gasteiger partial charge in [0.1, 0.15) is 10.6 Å². The molecular formula is C24H20F3N5O4S2. The summed E-state index contributed by atoms with van der Waals surface area (Å²) in [5, 5.41) is 11.9. The van der Waals surface area contributed by atoms with Gasteiger partial charge in [0, 0.05) is 5.56 Å². The summed E-state index contributed by atoms with van der Waals surface area (Å²) in [5.41, 5.74) is 2.63. The summed E-state index contributed by atoms with van der Waals surface area (Å²) in [6.07, 6.45) is -4.54. The number of primary sulfonamides is 1. The van der Waals surface area contributed by atoms with Gasteiger partial charge in [0.05, 0.1) is 30.6 Å². The zero-order valence-corrected chi connectivity index (χ0v) is 21.2. The van der Waals surface area contributed by atoms with Crippen molar-refractivity contribution in [2.75, 3.05) is 17.3 Å². The first kappa shape index (κ1) is 27.0. The topological polar surface area (TPSA) is 126 Å². The van der Waals surface area contributed by atoms with Crippen molar-refractivity contribution in [1.82, 2.24) is 5.43 Å². The van der Waals surface area contributed by atoms with Crippen molar-refractivity contribution in [3.63, 3.8) is 0 Å². The first-order valence-electron chi connectivity index (χ1n) is 10.8. The Balaban J connectivity index is 1.63. The summed E-state index contributed by atoms with van der Waals surface area (Å²) in [4.78, 5) is 14.5. The van der Waals surface area contributed by atoms with Gasteiger partial charge in [-0.05, 0) is 48.1 Å². The third-order valence-corrected chi connectivity index (χ3v) is 6.66. The molecule has 0 saturated carbocycles. The number of ether oxygens (including phenoxy) is 1. The van der Waals surface area contributed by atoms with E-state index in [0.29, 0.717) is 17.0 Å². The van der Waals surface area contributed by atoms with Crippen LogP contribution in [0.1, 0.15) is 16.7 Å². The second kappa shape index (κ2) is 10.4. The van der Waals surface area contributed by atoms with E-state index in [2.05, 4.69) is 15.8 Å². The number of rotatable bonds is 6. The number of thiocarbonyl (C=S) groups is 1. The summed E-state index contributed by atoms with van der Waals surface area (Å²) in [6, 6.07) is 15.3. The molecule has 0 aromatic heterocycles. The quantitative estimate of drug-likeness (QED) is 0.309. The number of alkyl halides is 3. The number of nitrogens with zero attached hydrogens (tertiary/aromatic N) is 2. The monoisotopic (exact) mass is 563 g/mol. The Morgan fingerprint density at radius 1 is 1.11 bits per heavy atom. The van der Waals surface area contributed by atoms with Gasteiger partial charge >= 0.3 is 6.18 Å². The van der Waals surface area contributed by atoms with Crippen LogP contribution < -0.4 is 25.5 Å². The fourth-order valence-corrected chi connectivity index (χ4v) is 4.71. The number of nitrogens with one attached hydrogen (secondary N) is 2. The highest BCUT2D eigenvalue weighted by Gasteiger charge is 2.37. The fraction of sp³-hybridized carbons (Fsp3) is 0.125. The normalized spacial score (nSPS) is 14.4. The molecule has 0 unspecified atom stereocenters. The number of fused-ring (bicyclic) bond motifs is 1.